The molecule has 0 aliphatic rings. The van der Waals surface area contributed by atoms with Gasteiger partial charge in [0.1, 0.15) is 6.33 Å². The van der Waals surface area contributed by atoms with Gasteiger partial charge in [-0.2, -0.15) is 14.6 Å². The zero-order chi connectivity index (χ0) is 14.4. The molecule has 0 N–H and O–H groups in total. The normalized spacial score (nSPS) is 11.3. The average Bonchev–Trinajstić information content (AvgIpc) is 2.96. The maximum atomic E-state index is 12.7. The molecule has 4 aromatic rings. The summed E-state index contributed by atoms with van der Waals surface area (Å²) in [6.07, 6.45) is 6.45. The van der Waals surface area contributed by atoms with Gasteiger partial charge in [0.2, 0.25) is 0 Å². The molecule has 0 aliphatic carbocycles. The number of aromatic nitrogens is 6. The van der Waals surface area contributed by atoms with Crippen molar-refractivity contribution >= 4 is 16.7 Å². The van der Waals surface area contributed by atoms with Gasteiger partial charge in [-0.15, -0.1) is 0 Å². The minimum Gasteiger partial charge on any atom is -0.282 e. The van der Waals surface area contributed by atoms with Crippen LogP contribution in [0.4, 0.5) is 0 Å². The molecule has 0 bridgehead atoms. The lowest BCUT2D eigenvalue weighted by Crippen LogP contribution is -2.20. The Labute approximate surface area is 118 Å². The Morgan fingerprint density at radius 1 is 1.24 bits per heavy atom. The van der Waals surface area contributed by atoms with Gasteiger partial charge < -0.3 is 0 Å². The third-order valence-electron chi connectivity index (χ3n) is 3.38. The Bertz CT molecular complexity index is 1020. The summed E-state index contributed by atoms with van der Waals surface area (Å²) in [5.74, 6) is 0.485. The second-order valence-electron chi connectivity index (χ2n) is 4.63. The van der Waals surface area contributed by atoms with Crippen LogP contribution in [0.5, 0.6) is 0 Å². The lowest BCUT2D eigenvalue weighted by atomic mass is 10.2. The molecule has 0 atom stereocenters. The molecule has 4 heterocycles. The largest absolute Gasteiger partial charge is 0.282 e. The van der Waals surface area contributed by atoms with Gasteiger partial charge in [-0.05, 0) is 25.1 Å². The van der Waals surface area contributed by atoms with E-state index in [1.165, 1.54) is 6.33 Å². The van der Waals surface area contributed by atoms with E-state index in [1.54, 1.807) is 40.7 Å². The van der Waals surface area contributed by atoms with Gasteiger partial charge in [0.25, 0.3) is 11.3 Å². The van der Waals surface area contributed by atoms with Crippen LogP contribution in [0.25, 0.3) is 22.4 Å². The van der Waals surface area contributed by atoms with E-state index < -0.39 is 0 Å². The predicted molar refractivity (Wildman–Crippen MR) is 76.4 cm³/mol. The minimum absolute atomic E-state index is 0.150. The molecule has 4 rings (SSSR count). The zero-order valence-electron chi connectivity index (χ0n) is 11.1. The van der Waals surface area contributed by atoms with E-state index in [4.69, 9.17) is 0 Å². The van der Waals surface area contributed by atoms with Crippen molar-refractivity contribution in [1.82, 2.24) is 29.1 Å². The lowest BCUT2D eigenvalue weighted by Gasteiger charge is -2.08. The number of aryl methyl sites for hydroxylation is 1. The van der Waals surface area contributed by atoms with Crippen molar-refractivity contribution in [2.45, 2.75) is 6.92 Å². The summed E-state index contributed by atoms with van der Waals surface area (Å²) in [5, 5.41) is 4.64. The summed E-state index contributed by atoms with van der Waals surface area (Å²) in [6.45, 7) is 1.80. The van der Waals surface area contributed by atoms with Crippen molar-refractivity contribution in [2.24, 2.45) is 0 Å². The lowest BCUT2D eigenvalue weighted by molar-refractivity contribution is 0.946. The number of fused-ring (bicyclic) bond motifs is 3. The molecule has 7 nitrogen and oxygen atoms in total. The fourth-order valence-electron chi connectivity index (χ4n) is 2.43. The van der Waals surface area contributed by atoms with Gasteiger partial charge in [0.05, 0.1) is 28.5 Å². The standard InChI is InChI=1S/C14H10N6O/c1-9-12-11(20-14(18-9)16-8-17-20)4-6-19(13(12)21)10-3-2-5-15-7-10/h2-8H,1H3. The topological polar surface area (TPSA) is 78.0 Å². The first-order valence-corrected chi connectivity index (χ1v) is 6.38. The van der Waals surface area contributed by atoms with Gasteiger partial charge in [0, 0.05) is 12.4 Å². The number of hydrogen-bond acceptors (Lipinski definition) is 5. The first-order valence-electron chi connectivity index (χ1n) is 6.38. The number of rotatable bonds is 1. The van der Waals surface area contributed by atoms with Crippen molar-refractivity contribution in [3.05, 3.63) is 59.2 Å². The molecule has 4 aromatic heterocycles. The van der Waals surface area contributed by atoms with Crippen LogP contribution in [0.3, 0.4) is 0 Å². The van der Waals surface area contributed by atoms with Crippen molar-refractivity contribution in [2.75, 3.05) is 0 Å². The quantitative estimate of drug-likeness (QED) is 0.521. The number of hydrogen-bond donors (Lipinski definition) is 0. The monoisotopic (exact) mass is 278 g/mol. The summed E-state index contributed by atoms with van der Waals surface area (Å²) in [7, 11) is 0. The van der Waals surface area contributed by atoms with E-state index in [1.807, 2.05) is 12.1 Å². The highest BCUT2D eigenvalue weighted by molar-refractivity contribution is 5.82. The van der Waals surface area contributed by atoms with Crippen LogP contribution in [0.15, 0.2) is 47.9 Å². The molecular weight excluding hydrogens is 268 g/mol. The van der Waals surface area contributed by atoms with E-state index in [0.717, 1.165) is 0 Å². The highest BCUT2D eigenvalue weighted by atomic mass is 16.1. The molecular formula is C14H10N6O. The van der Waals surface area contributed by atoms with Gasteiger partial charge in [-0.3, -0.25) is 14.3 Å². The minimum atomic E-state index is -0.150. The zero-order valence-corrected chi connectivity index (χ0v) is 11.1. The maximum Gasteiger partial charge on any atom is 0.266 e. The fraction of sp³-hybridized carbons (Fsp3) is 0.0714. The molecule has 0 saturated heterocycles. The van der Waals surface area contributed by atoms with Gasteiger partial charge in [0.15, 0.2) is 0 Å². The SMILES string of the molecule is Cc1nc2ncnn2c2ccn(-c3cccnc3)c(=O)c12. The molecule has 0 saturated carbocycles. The first-order chi connectivity index (χ1) is 10.3. The first kappa shape index (κ1) is 11.7. The summed E-state index contributed by atoms with van der Waals surface area (Å²) in [6, 6.07) is 5.45. The van der Waals surface area contributed by atoms with Crippen molar-refractivity contribution < 1.29 is 0 Å². The Hall–Kier alpha value is -3.09. The molecule has 0 fully saturated rings. The molecule has 7 heteroatoms. The van der Waals surface area contributed by atoms with E-state index in [-0.39, 0.29) is 5.56 Å². The molecule has 0 radical (unpaired) electrons. The van der Waals surface area contributed by atoms with E-state index in [2.05, 4.69) is 20.1 Å². The molecule has 0 spiro atoms. The van der Waals surface area contributed by atoms with Gasteiger partial charge >= 0.3 is 0 Å². The highest BCUT2D eigenvalue weighted by Gasteiger charge is 2.12. The summed E-state index contributed by atoms with van der Waals surface area (Å²) in [4.78, 5) is 25.2. The smallest absolute Gasteiger partial charge is 0.266 e. The molecule has 102 valence electrons. The summed E-state index contributed by atoms with van der Waals surface area (Å²) < 4.78 is 3.12. The Kier molecular flexibility index (Phi) is 2.34. The molecule has 21 heavy (non-hydrogen) atoms. The van der Waals surface area contributed by atoms with Gasteiger partial charge in [-0.1, -0.05) is 0 Å². The summed E-state index contributed by atoms with van der Waals surface area (Å²) >= 11 is 0. The Morgan fingerprint density at radius 3 is 2.95 bits per heavy atom. The maximum absolute atomic E-state index is 12.7. The van der Waals surface area contributed by atoms with Crippen molar-refractivity contribution in [3.8, 4) is 5.69 Å². The summed E-state index contributed by atoms with van der Waals surface area (Å²) in [5.41, 5.74) is 1.89. The highest BCUT2D eigenvalue weighted by Crippen LogP contribution is 2.14. The second-order valence-corrected chi connectivity index (χ2v) is 4.63. The molecule has 0 aliphatic heterocycles. The van der Waals surface area contributed by atoms with Crippen LogP contribution in [0.2, 0.25) is 0 Å². The van der Waals surface area contributed by atoms with Crippen molar-refractivity contribution in [1.29, 1.82) is 0 Å². The molecule has 0 unspecified atom stereocenters. The predicted octanol–water partition coefficient (Wildman–Crippen LogP) is 1.13. The number of nitrogens with zero attached hydrogens (tertiary/aromatic N) is 6. The van der Waals surface area contributed by atoms with Crippen LogP contribution < -0.4 is 5.56 Å². The van der Waals surface area contributed by atoms with Crippen LogP contribution in [0, 0.1) is 6.92 Å². The van der Waals surface area contributed by atoms with E-state index in [0.29, 0.717) is 28.1 Å². The van der Waals surface area contributed by atoms with E-state index >= 15 is 0 Å². The fourth-order valence-corrected chi connectivity index (χ4v) is 2.43. The number of pyridine rings is 2. The van der Waals surface area contributed by atoms with Crippen LogP contribution in [0.1, 0.15) is 5.69 Å². The molecule has 0 amide bonds. The van der Waals surface area contributed by atoms with E-state index in [9.17, 15) is 4.79 Å². The Balaban J connectivity index is 2.15. The van der Waals surface area contributed by atoms with Gasteiger partial charge in [-0.25, -0.2) is 4.98 Å². The van der Waals surface area contributed by atoms with Crippen molar-refractivity contribution in [3.63, 3.8) is 0 Å². The molecule has 0 aromatic carbocycles. The third kappa shape index (κ3) is 1.64. The van der Waals surface area contributed by atoms with Crippen LogP contribution in [-0.2, 0) is 0 Å². The average molecular weight is 278 g/mol. The third-order valence-corrected chi connectivity index (χ3v) is 3.38. The van der Waals surface area contributed by atoms with Crippen LogP contribution in [-0.4, -0.2) is 29.1 Å². The second kappa shape index (κ2) is 4.20. The van der Waals surface area contributed by atoms with Crippen LogP contribution >= 0.6 is 0 Å². The Morgan fingerprint density at radius 2 is 2.14 bits per heavy atom.